The van der Waals surface area contributed by atoms with Gasteiger partial charge in [0.15, 0.2) is 12.2 Å². The molecule has 5 atom stereocenters. The van der Waals surface area contributed by atoms with E-state index in [9.17, 15) is 39.4 Å². The van der Waals surface area contributed by atoms with Crippen LogP contribution in [0.1, 0.15) is 26.3 Å². The standard InChI is InChI=1S/C23H25N5O13/c1-10-8-24-23(26-21(10)32)41-22-18(25-15-6-5-14(27(33)34)7-16(15)28(35)36)20(39-13(4)31)19(38-12(3)30)17(40-22)9-37-11(2)29/h5-8,17-20,22,25H,9H2,1-4H3,(H,24,26,32). The van der Waals surface area contributed by atoms with E-state index < -0.39 is 81.9 Å². The number of aromatic nitrogens is 2. The van der Waals surface area contributed by atoms with Crippen LogP contribution in [0.2, 0.25) is 0 Å². The van der Waals surface area contributed by atoms with Gasteiger partial charge < -0.3 is 29.0 Å². The maximum Gasteiger partial charge on any atom is 0.303 e. The predicted molar refractivity (Wildman–Crippen MR) is 134 cm³/mol. The van der Waals surface area contributed by atoms with Gasteiger partial charge in [-0.1, -0.05) is 0 Å². The van der Waals surface area contributed by atoms with E-state index in [1.54, 1.807) is 0 Å². The normalized spacial score (nSPS) is 21.7. The molecule has 18 heteroatoms. The molecule has 0 spiro atoms. The summed E-state index contributed by atoms with van der Waals surface area (Å²) in [4.78, 5) is 75.4. The number of nitrogens with zero attached hydrogens (tertiary/aromatic N) is 3. The summed E-state index contributed by atoms with van der Waals surface area (Å²) >= 11 is 0. The van der Waals surface area contributed by atoms with Gasteiger partial charge in [0.2, 0.25) is 6.29 Å². The summed E-state index contributed by atoms with van der Waals surface area (Å²) in [5, 5.41) is 25.7. The fourth-order valence-electron chi connectivity index (χ4n) is 3.85. The lowest BCUT2D eigenvalue weighted by molar-refractivity contribution is -0.393. The van der Waals surface area contributed by atoms with E-state index in [0.29, 0.717) is 6.07 Å². The molecular formula is C23H25N5O13. The van der Waals surface area contributed by atoms with Crippen molar-refractivity contribution in [3.05, 3.63) is 60.5 Å². The number of aryl methyl sites for hydroxylation is 1. The van der Waals surface area contributed by atoms with Crippen molar-refractivity contribution in [3.8, 4) is 6.01 Å². The van der Waals surface area contributed by atoms with Crippen molar-refractivity contribution < 1.29 is 47.9 Å². The Labute approximate surface area is 230 Å². The summed E-state index contributed by atoms with van der Waals surface area (Å²) < 4.78 is 27.5. The molecule has 1 aromatic carbocycles. The van der Waals surface area contributed by atoms with Crippen LogP contribution in [0.15, 0.2) is 29.2 Å². The zero-order chi connectivity index (χ0) is 30.4. The van der Waals surface area contributed by atoms with Crippen LogP contribution in [0.25, 0.3) is 0 Å². The van der Waals surface area contributed by atoms with Gasteiger partial charge in [-0.25, -0.2) is 4.98 Å². The van der Waals surface area contributed by atoms with Crippen LogP contribution in [-0.4, -0.2) is 75.0 Å². The first-order valence-corrected chi connectivity index (χ1v) is 11.8. The largest absolute Gasteiger partial charge is 0.463 e. The van der Waals surface area contributed by atoms with Crippen molar-refractivity contribution in [2.45, 2.75) is 58.3 Å². The second-order valence-electron chi connectivity index (χ2n) is 8.70. The summed E-state index contributed by atoms with van der Waals surface area (Å²) in [5.41, 5.74) is -1.91. The fraction of sp³-hybridized carbons (Fsp3) is 0.435. The molecule has 5 unspecified atom stereocenters. The summed E-state index contributed by atoms with van der Waals surface area (Å²) in [7, 11) is 0. The molecule has 2 aromatic rings. The van der Waals surface area contributed by atoms with Crippen LogP contribution < -0.4 is 15.6 Å². The Balaban J connectivity index is 2.15. The number of anilines is 1. The number of nitro benzene ring substituents is 2. The van der Waals surface area contributed by atoms with Crippen molar-refractivity contribution in [2.75, 3.05) is 11.9 Å². The van der Waals surface area contributed by atoms with E-state index in [1.165, 1.54) is 13.1 Å². The van der Waals surface area contributed by atoms with Crippen molar-refractivity contribution >= 4 is 35.0 Å². The van der Waals surface area contributed by atoms with E-state index in [0.717, 1.165) is 32.9 Å². The number of hydrogen-bond donors (Lipinski definition) is 2. The Hall–Kier alpha value is -5.13. The van der Waals surface area contributed by atoms with E-state index in [4.69, 9.17) is 23.7 Å². The second-order valence-corrected chi connectivity index (χ2v) is 8.70. The van der Waals surface area contributed by atoms with Gasteiger partial charge in [0.05, 0.1) is 15.9 Å². The minimum Gasteiger partial charge on any atom is -0.463 e. The minimum atomic E-state index is -1.60. The van der Waals surface area contributed by atoms with E-state index in [2.05, 4.69) is 15.3 Å². The number of carbonyl (C=O) groups is 3. The molecule has 2 N–H and O–H groups in total. The molecule has 0 saturated carbocycles. The molecule has 1 saturated heterocycles. The average Bonchev–Trinajstić information content (AvgIpc) is 2.87. The number of rotatable bonds is 10. The molecule has 3 rings (SSSR count). The van der Waals surface area contributed by atoms with Crippen molar-refractivity contribution in [1.29, 1.82) is 0 Å². The summed E-state index contributed by atoms with van der Waals surface area (Å²) in [6.45, 7) is 4.19. The highest BCUT2D eigenvalue weighted by atomic mass is 16.7. The quantitative estimate of drug-likeness (QED) is 0.172. The number of esters is 3. The van der Waals surface area contributed by atoms with E-state index in [-0.39, 0.29) is 17.3 Å². The Morgan fingerprint density at radius 1 is 1.05 bits per heavy atom. The molecule has 1 aliphatic heterocycles. The number of nitro groups is 2. The summed E-state index contributed by atoms with van der Waals surface area (Å²) in [6.07, 6.45) is -4.67. The number of benzene rings is 1. The Bertz CT molecular complexity index is 1410. The van der Waals surface area contributed by atoms with Crippen LogP contribution in [0.5, 0.6) is 6.01 Å². The fourth-order valence-corrected chi connectivity index (χ4v) is 3.85. The molecule has 220 valence electrons. The molecule has 0 aliphatic carbocycles. The predicted octanol–water partition coefficient (Wildman–Crippen LogP) is 0.906. The monoisotopic (exact) mass is 579 g/mol. The lowest BCUT2D eigenvalue weighted by atomic mass is 9.95. The third-order valence-corrected chi connectivity index (χ3v) is 5.59. The first-order valence-electron chi connectivity index (χ1n) is 11.8. The summed E-state index contributed by atoms with van der Waals surface area (Å²) in [6, 6.07) is 0.921. The lowest BCUT2D eigenvalue weighted by Gasteiger charge is -2.44. The molecule has 41 heavy (non-hydrogen) atoms. The van der Waals surface area contributed by atoms with Crippen LogP contribution >= 0.6 is 0 Å². The second kappa shape index (κ2) is 12.8. The maximum absolute atomic E-state index is 12.2. The van der Waals surface area contributed by atoms with Crippen molar-refractivity contribution in [1.82, 2.24) is 9.97 Å². The smallest absolute Gasteiger partial charge is 0.303 e. The first kappa shape index (κ1) is 30.4. The Morgan fingerprint density at radius 3 is 2.27 bits per heavy atom. The summed E-state index contributed by atoms with van der Waals surface area (Å²) in [5.74, 6) is -2.43. The van der Waals surface area contributed by atoms with Gasteiger partial charge in [-0.2, -0.15) is 0 Å². The molecule has 0 amide bonds. The van der Waals surface area contributed by atoms with Gasteiger partial charge >= 0.3 is 17.9 Å². The number of H-pyrrole nitrogens is 1. The average molecular weight is 579 g/mol. The highest BCUT2D eigenvalue weighted by molar-refractivity contribution is 5.69. The number of nitrogens with one attached hydrogen (secondary N) is 2. The third kappa shape index (κ3) is 7.72. The molecule has 2 heterocycles. The zero-order valence-corrected chi connectivity index (χ0v) is 22.1. The van der Waals surface area contributed by atoms with Crippen LogP contribution in [0.3, 0.4) is 0 Å². The molecule has 1 aromatic heterocycles. The SMILES string of the molecule is CC(=O)OCC1OC(Oc2ncc(C)c(=O)[nH]2)C(Nc2ccc([N+](=O)[O-])cc2[N+](=O)[O-])C(OC(C)=O)C1OC(C)=O. The first-order chi connectivity index (χ1) is 19.3. The number of hydrogen-bond acceptors (Lipinski definition) is 15. The highest BCUT2D eigenvalue weighted by Gasteiger charge is 2.52. The van der Waals surface area contributed by atoms with E-state index >= 15 is 0 Å². The molecule has 1 fully saturated rings. The Kier molecular flexibility index (Phi) is 9.51. The van der Waals surface area contributed by atoms with Crippen LogP contribution in [-0.2, 0) is 33.3 Å². The zero-order valence-electron chi connectivity index (χ0n) is 22.1. The number of carbonyl (C=O) groups excluding carboxylic acids is 3. The third-order valence-electron chi connectivity index (χ3n) is 5.59. The number of non-ortho nitro benzene ring substituents is 1. The molecule has 0 radical (unpaired) electrons. The van der Waals surface area contributed by atoms with Gasteiger partial charge in [0.1, 0.15) is 24.4 Å². The van der Waals surface area contributed by atoms with Gasteiger partial charge in [0.25, 0.3) is 22.9 Å². The van der Waals surface area contributed by atoms with Gasteiger partial charge in [-0.3, -0.25) is 44.4 Å². The Morgan fingerprint density at radius 2 is 1.71 bits per heavy atom. The molecular weight excluding hydrogens is 554 g/mol. The van der Waals surface area contributed by atoms with Crippen LogP contribution in [0, 0.1) is 27.2 Å². The highest BCUT2D eigenvalue weighted by Crippen LogP contribution is 2.34. The minimum absolute atomic E-state index is 0.249. The van der Waals surface area contributed by atoms with Crippen molar-refractivity contribution in [3.63, 3.8) is 0 Å². The molecule has 18 nitrogen and oxygen atoms in total. The van der Waals surface area contributed by atoms with Crippen molar-refractivity contribution in [2.24, 2.45) is 0 Å². The maximum atomic E-state index is 12.2. The lowest BCUT2D eigenvalue weighted by Crippen LogP contribution is -2.65. The van der Waals surface area contributed by atoms with E-state index in [1.807, 2.05) is 0 Å². The van der Waals surface area contributed by atoms with Gasteiger partial charge in [0, 0.05) is 38.6 Å². The number of aromatic amines is 1. The van der Waals surface area contributed by atoms with Crippen LogP contribution in [0.4, 0.5) is 17.1 Å². The molecule has 0 bridgehead atoms. The van der Waals surface area contributed by atoms with Gasteiger partial charge in [-0.05, 0) is 13.0 Å². The number of ether oxygens (including phenoxy) is 5. The van der Waals surface area contributed by atoms with Gasteiger partial charge in [-0.15, -0.1) is 0 Å². The molecule has 1 aliphatic rings. The topological polar surface area (TPSA) is 241 Å².